The van der Waals surface area contributed by atoms with Gasteiger partial charge in [-0.3, -0.25) is 9.36 Å². The van der Waals surface area contributed by atoms with Gasteiger partial charge in [0.2, 0.25) is 0 Å². The SMILES string of the molecule is CNC(=O)c1cc(C)n(-c2nc(NC3CCCC3)c3ncn([C@@H]4O[C@H](CO)[C@@H](O)[C@H]4O)c3n2)n1. The van der Waals surface area contributed by atoms with Crippen LogP contribution in [0.25, 0.3) is 17.1 Å². The summed E-state index contributed by atoms with van der Waals surface area (Å²) in [5.74, 6) is 0.395. The average molecular weight is 473 g/mol. The molecule has 4 heterocycles. The number of carbonyl (C=O) groups excluding carboxylic acids is 1. The Labute approximate surface area is 194 Å². The monoisotopic (exact) mass is 472 g/mol. The number of aliphatic hydroxyl groups excluding tert-OH is 3. The third-order valence-corrected chi connectivity index (χ3v) is 6.43. The molecule has 0 radical (unpaired) electrons. The maximum atomic E-state index is 12.1. The number of hydrogen-bond acceptors (Lipinski definition) is 10. The fourth-order valence-electron chi connectivity index (χ4n) is 4.58. The first-order valence-corrected chi connectivity index (χ1v) is 11.3. The molecule has 182 valence electrons. The second-order valence-corrected chi connectivity index (χ2v) is 8.71. The summed E-state index contributed by atoms with van der Waals surface area (Å²) in [7, 11) is 1.53. The Morgan fingerprint density at radius 2 is 2.00 bits per heavy atom. The quantitative estimate of drug-likeness (QED) is 0.319. The van der Waals surface area contributed by atoms with Crippen molar-refractivity contribution in [3.63, 3.8) is 0 Å². The van der Waals surface area contributed by atoms with Crippen molar-refractivity contribution in [2.75, 3.05) is 19.0 Å². The summed E-state index contributed by atoms with van der Waals surface area (Å²) in [6.07, 6.45) is 1.27. The zero-order valence-electron chi connectivity index (χ0n) is 18.9. The van der Waals surface area contributed by atoms with Crippen LogP contribution < -0.4 is 10.6 Å². The van der Waals surface area contributed by atoms with E-state index >= 15 is 0 Å². The van der Waals surface area contributed by atoms with Gasteiger partial charge >= 0.3 is 0 Å². The van der Waals surface area contributed by atoms with E-state index in [0.29, 0.717) is 22.7 Å². The predicted octanol–water partition coefficient (Wildman–Crippen LogP) is -0.354. The molecule has 4 atom stereocenters. The summed E-state index contributed by atoms with van der Waals surface area (Å²) in [6, 6.07) is 1.88. The Hall–Kier alpha value is -3.13. The highest BCUT2D eigenvalue weighted by Gasteiger charge is 2.44. The van der Waals surface area contributed by atoms with Gasteiger partial charge in [0.15, 0.2) is 28.9 Å². The lowest BCUT2D eigenvalue weighted by atomic mass is 10.1. The van der Waals surface area contributed by atoms with Crippen LogP contribution in [0.4, 0.5) is 5.82 Å². The van der Waals surface area contributed by atoms with Crippen molar-refractivity contribution in [1.82, 2.24) is 34.6 Å². The molecule has 0 spiro atoms. The fraction of sp³-hybridized carbons (Fsp3) is 0.571. The highest BCUT2D eigenvalue weighted by Crippen LogP contribution is 2.33. The normalized spacial score (nSPS) is 25.3. The van der Waals surface area contributed by atoms with Crippen LogP contribution in [0.5, 0.6) is 0 Å². The number of nitrogens with zero attached hydrogens (tertiary/aromatic N) is 6. The Balaban J connectivity index is 1.62. The van der Waals surface area contributed by atoms with Crippen LogP contribution in [0.3, 0.4) is 0 Å². The van der Waals surface area contributed by atoms with Crippen molar-refractivity contribution in [1.29, 1.82) is 0 Å². The number of hydrogen-bond donors (Lipinski definition) is 5. The maximum absolute atomic E-state index is 12.1. The minimum absolute atomic E-state index is 0.217. The van der Waals surface area contributed by atoms with Crippen LogP contribution >= 0.6 is 0 Å². The first-order chi connectivity index (χ1) is 16.4. The molecule has 1 saturated heterocycles. The molecule has 1 aliphatic heterocycles. The van der Waals surface area contributed by atoms with Crippen LogP contribution in [0.2, 0.25) is 0 Å². The third-order valence-electron chi connectivity index (χ3n) is 6.43. The molecule has 34 heavy (non-hydrogen) atoms. The summed E-state index contributed by atoms with van der Waals surface area (Å²) in [4.78, 5) is 25.9. The van der Waals surface area contributed by atoms with E-state index in [1.807, 2.05) is 0 Å². The summed E-state index contributed by atoms with van der Waals surface area (Å²) >= 11 is 0. The van der Waals surface area contributed by atoms with Crippen LogP contribution in [-0.4, -0.2) is 88.5 Å². The molecular formula is C21H28N8O5. The van der Waals surface area contributed by atoms with E-state index < -0.39 is 31.1 Å². The zero-order chi connectivity index (χ0) is 24.0. The van der Waals surface area contributed by atoms with Gasteiger partial charge < -0.3 is 30.7 Å². The topological polar surface area (TPSA) is 172 Å². The zero-order valence-corrected chi connectivity index (χ0v) is 18.9. The molecule has 5 rings (SSSR count). The molecule has 0 bridgehead atoms. The van der Waals surface area contributed by atoms with E-state index in [1.165, 1.54) is 22.6 Å². The van der Waals surface area contributed by atoms with Crippen LogP contribution in [0.15, 0.2) is 12.4 Å². The fourth-order valence-corrected chi connectivity index (χ4v) is 4.58. The summed E-state index contributed by atoms with van der Waals surface area (Å²) in [5, 5.41) is 40.6. The maximum Gasteiger partial charge on any atom is 0.271 e. The van der Waals surface area contributed by atoms with E-state index in [2.05, 4.69) is 30.7 Å². The molecule has 3 aromatic rings. The number of amides is 1. The smallest absolute Gasteiger partial charge is 0.271 e. The highest BCUT2D eigenvalue weighted by atomic mass is 16.6. The summed E-state index contributed by atoms with van der Waals surface area (Å²) < 4.78 is 8.68. The predicted molar refractivity (Wildman–Crippen MR) is 119 cm³/mol. The lowest BCUT2D eigenvalue weighted by Gasteiger charge is -2.18. The standard InChI is InChI=1S/C21H28N8O5/c1-10-7-12(19(33)22-2)27-29(10)21-25-17(24-11-5-3-4-6-11)14-18(26-21)28(9-23-14)20-16(32)15(31)13(8-30)34-20/h7,9,11,13,15-16,20,30-32H,3-6,8H2,1-2H3,(H,22,33)(H,24,25,26)/t13-,15-,16-,20-/m1/s1. The van der Waals surface area contributed by atoms with Crippen molar-refractivity contribution in [3.8, 4) is 5.95 Å². The van der Waals surface area contributed by atoms with Gasteiger partial charge in [-0.05, 0) is 25.8 Å². The van der Waals surface area contributed by atoms with Crippen molar-refractivity contribution in [2.24, 2.45) is 0 Å². The number of rotatable bonds is 6. The van der Waals surface area contributed by atoms with Gasteiger partial charge in [0.25, 0.3) is 11.9 Å². The molecule has 0 unspecified atom stereocenters. The molecule has 13 nitrogen and oxygen atoms in total. The average Bonchev–Trinajstić information content (AvgIpc) is 3.62. The largest absolute Gasteiger partial charge is 0.394 e. The molecular weight excluding hydrogens is 444 g/mol. The number of ether oxygens (including phenoxy) is 1. The van der Waals surface area contributed by atoms with E-state index in [1.54, 1.807) is 13.0 Å². The second-order valence-electron chi connectivity index (χ2n) is 8.71. The molecule has 13 heteroatoms. The van der Waals surface area contributed by atoms with Gasteiger partial charge in [0.1, 0.15) is 18.3 Å². The molecule has 2 fully saturated rings. The van der Waals surface area contributed by atoms with E-state index in [-0.39, 0.29) is 23.6 Å². The number of anilines is 1. The number of nitrogens with one attached hydrogen (secondary N) is 2. The summed E-state index contributed by atoms with van der Waals surface area (Å²) in [6.45, 7) is 1.35. The van der Waals surface area contributed by atoms with Crippen LogP contribution in [0.1, 0.15) is 48.1 Å². The summed E-state index contributed by atoms with van der Waals surface area (Å²) in [5.41, 5.74) is 1.72. The van der Waals surface area contributed by atoms with Gasteiger partial charge in [0.05, 0.1) is 12.9 Å². The van der Waals surface area contributed by atoms with Gasteiger partial charge in [-0.1, -0.05) is 12.8 Å². The van der Waals surface area contributed by atoms with Gasteiger partial charge in [-0.2, -0.15) is 15.1 Å². The molecule has 3 aromatic heterocycles. The minimum Gasteiger partial charge on any atom is -0.394 e. The number of aromatic nitrogens is 6. The first kappa shape index (κ1) is 22.7. The molecule has 0 aromatic carbocycles. The third kappa shape index (κ3) is 3.79. The van der Waals surface area contributed by atoms with E-state index in [4.69, 9.17) is 4.74 Å². The molecule has 1 saturated carbocycles. The molecule has 1 aliphatic carbocycles. The second kappa shape index (κ2) is 8.91. The molecule has 2 aliphatic rings. The van der Waals surface area contributed by atoms with Crippen molar-refractivity contribution >= 4 is 22.9 Å². The van der Waals surface area contributed by atoms with Crippen molar-refractivity contribution < 1.29 is 24.9 Å². The van der Waals surface area contributed by atoms with Gasteiger partial charge in [0, 0.05) is 18.8 Å². The first-order valence-electron chi connectivity index (χ1n) is 11.3. The van der Waals surface area contributed by atoms with Crippen LogP contribution in [-0.2, 0) is 4.74 Å². The Kier molecular flexibility index (Phi) is 5.93. The highest BCUT2D eigenvalue weighted by molar-refractivity contribution is 5.92. The van der Waals surface area contributed by atoms with Gasteiger partial charge in [-0.25, -0.2) is 9.67 Å². The Morgan fingerprint density at radius 1 is 1.24 bits per heavy atom. The van der Waals surface area contributed by atoms with E-state index in [0.717, 1.165) is 25.7 Å². The Morgan fingerprint density at radius 3 is 2.68 bits per heavy atom. The number of aliphatic hydroxyl groups is 3. The van der Waals surface area contributed by atoms with Crippen molar-refractivity contribution in [3.05, 3.63) is 23.8 Å². The van der Waals surface area contributed by atoms with Crippen molar-refractivity contribution in [2.45, 2.75) is 63.2 Å². The number of aryl methyl sites for hydroxylation is 1. The van der Waals surface area contributed by atoms with E-state index in [9.17, 15) is 20.1 Å². The Bertz CT molecular complexity index is 1200. The number of fused-ring (bicyclic) bond motifs is 1. The lowest BCUT2D eigenvalue weighted by Crippen LogP contribution is -2.33. The molecule has 1 amide bonds. The van der Waals surface area contributed by atoms with Crippen LogP contribution in [0, 0.1) is 6.92 Å². The minimum atomic E-state index is -1.29. The number of imidazole rings is 1. The van der Waals surface area contributed by atoms with Gasteiger partial charge in [-0.15, -0.1) is 0 Å². The lowest BCUT2D eigenvalue weighted by molar-refractivity contribution is -0.0511. The number of carbonyl (C=O) groups is 1. The molecule has 5 N–H and O–H groups in total.